The molecule has 2 aliphatic rings. The van der Waals surface area contributed by atoms with E-state index in [0.717, 1.165) is 57.3 Å². The van der Waals surface area contributed by atoms with Gasteiger partial charge in [0.1, 0.15) is 11.6 Å². The zero-order valence-corrected chi connectivity index (χ0v) is 15.0. The number of thioether (sulfide) groups is 1. The monoisotopic (exact) mass is 338 g/mol. The van der Waals surface area contributed by atoms with Crippen LogP contribution in [0.5, 0.6) is 0 Å². The number of fused-ring (bicyclic) bond motifs is 1. The topological polar surface area (TPSA) is 66.3 Å². The molecule has 1 N–H and O–H groups in total. The molecule has 0 saturated carbocycles. The van der Waals surface area contributed by atoms with E-state index in [0.29, 0.717) is 11.3 Å². The van der Waals surface area contributed by atoms with Gasteiger partial charge >= 0.3 is 6.03 Å². The first-order valence-electron chi connectivity index (χ1n) is 8.33. The molecule has 3 heterocycles. The van der Waals surface area contributed by atoms with E-state index < -0.39 is 0 Å². The standard InChI is InChI=1S/C15H26N6OS/c1-4-13-17-18-14-10-19(5-6-21(13)14)12-8-20(9-12)15(22)16-7-11(2)23-3/h11-12H,4-10H2,1-3H3,(H,16,22). The van der Waals surface area contributed by atoms with Gasteiger partial charge in [0.2, 0.25) is 0 Å². The number of likely N-dealkylation sites (tertiary alicyclic amines) is 1. The van der Waals surface area contributed by atoms with Crippen LogP contribution in [-0.2, 0) is 19.5 Å². The maximum Gasteiger partial charge on any atom is 0.317 e. The second-order valence-electron chi connectivity index (χ2n) is 6.30. The third-order valence-electron chi connectivity index (χ3n) is 4.78. The smallest absolute Gasteiger partial charge is 0.317 e. The number of rotatable bonds is 5. The third kappa shape index (κ3) is 3.47. The number of aromatic nitrogens is 3. The predicted octanol–water partition coefficient (Wildman–Crippen LogP) is 0.801. The molecule has 0 aliphatic carbocycles. The lowest BCUT2D eigenvalue weighted by atomic mass is 10.1. The molecule has 1 atom stereocenters. The normalized spacial score (nSPS) is 20.0. The molecule has 23 heavy (non-hydrogen) atoms. The highest BCUT2D eigenvalue weighted by Crippen LogP contribution is 2.21. The molecule has 1 saturated heterocycles. The minimum atomic E-state index is 0.0654. The first kappa shape index (κ1) is 16.6. The van der Waals surface area contributed by atoms with Gasteiger partial charge in [-0.2, -0.15) is 11.8 Å². The Balaban J connectivity index is 1.46. The predicted molar refractivity (Wildman–Crippen MR) is 91.5 cm³/mol. The van der Waals surface area contributed by atoms with Crippen molar-refractivity contribution in [2.75, 3.05) is 32.4 Å². The Kier molecular flexibility index (Phi) is 5.11. The average molecular weight is 338 g/mol. The van der Waals surface area contributed by atoms with E-state index in [2.05, 4.69) is 45.1 Å². The number of urea groups is 1. The number of hydrogen-bond donors (Lipinski definition) is 1. The number of hydrogen-bond acceptors (Lipinski definition) is 5. The van der Waals surface area contributed by atoms with Crippen LogP contribution in [0, 0.1) is 0 Å². The molecule has 1 fully saturated rings. The molecule has 128 valence electrons. The second-order valence-corrected chi connectivity index (χ2v) is 7.58. The quantitative estimate of drug-likeness (QED) is 0.860. The highest BCUT2D eigenvalue weighted by Gasteiger charge is 2.36. The highest BCUT2D eigenvalue weighted by atomic mass is 32.2. The summed E-state index contributed by atoms with van der Waals surface area (Å²) in [6, 6.07) is 0.518. The molecule has 2 aliphatic heterocycles. The molecule has 2 amide bonds. The Bertz CT molecular complexity index is 556. The van der Waals surface area contributed by atoms with Gasteiger partial charge in [0.05, 0.1) is 6.54 Å². The minimum Gasteiger partial charge on any atom is -0.337 e. The van der Waals surface area contributed by atoms with Crippen molar-refractivity contribution in [1.29, 1.82) is 0 Å². The van der Waals surface area contributed by atoms with E-state index in [1.54, 1.807) is 11.8 Å². The van der Waals surface area contributed by atoms with Gasteiger partial charge in [-0.25, -0.2) is 4.79 Å². The Morgan fingerprint density at radius 3 is 2.87 bits per heavy atom. The molecule has 0 aromatic carbocycles. The summed E-state index contributed by atoms with van der Waals surface area (Å²) in [5.74, 6) is 2.14. The van der Waals surface area contributed by atoms with Crippen molar-refractivity contribution in [2.45, 2.75) is 44.6 Å². The molecular weight excluding hydrogens is 312 g/mol. The largest absolute Gasteiger partial charge is 0.337 e. The summed E-state index contributed by atoms with van der Waals surface area (Å²) in [6.45, 7) is 9.41. The van der Waals surface area contributed by atoms with Crippen LogP contribution >= 0.6 is 11.8 Å². The summed E-state index contributed by atoms with van der Waals surface area (Å²) in [4.78, 5) is 16.4. The van der Waals surface area contributed by atoms with Crippen LogP contribution in [0.1, 0.15) is 25.5 Å². The van der Waals surface area contributed by atoms with Gasteiger partial charge in [0.25, 0.3) is 0 Å². The van der Waals surface area contributed by atoms with E-state index in [1.807, 2.05) is 4.90 Å². The van der Waals surface area contributed by atoms with Crippen molar-refractivity contribution >= 4 is 17.8 Å². The molecule has 3 rings (SSSR count). The number of nitrogens with one attached hydrogen (secondary N) is 1. The summed E-state index contributed by atoms with van der Waals surface area (Å²) >= 11 is 1.77. The number of carbonyl (C=O) groups is 1. The van der Waals surface area contributed by atoms with Gasteiger partial charge in [0.15, 0.2) is 0 Å². The van der Waals surface area contributed by atoms with Crippen LogP contribution in [0.15, 0.2) is 0 Å². The molecule has 1 unspecified atom stereocenters. The lowest BCUT2D eigenvalue weighted by Crippen LogP contribution is -2.63. The van der Waals surface area contributed by atoms with Crippen LogP contribution < -0.4 is 5.32 Å². The fourth-order valence-corrected chi connectivity index (χ4v) is 3.34. The summed E-state index contributed by atoms with van der Waals surface area (Å²) in [6.07, 6.45) is 2.99. The first-order valence-corrected chi connectivity index (χ1v) is 9.61. The minimum absolute atomic E-state index is 0.0654. The summed E-state index contributed by atoms with van der Waals surface area (Å²) in [7, 11) is 0. The zero-order chi connectivity index (χ0) is 16.4. The lowest BCUT2D eigenvalue weighted by molar-refractivity contribution is 0.0389. The average Bonchev–Trinajstić information content (AvgIpc) is 2.93. The van der Waals surface area contributed by atoms with Gasteiger partial charge < -0.3 is 14.8 Å². The molecule has 1 aromatic heterocycles. The summed E-state index contributed by atoms with van der Waals surface area (Å²) in [5.41, 5.74) is 0. The molecule has 0 spiro atoms. The number of nitrogens with zero attached hydrogens (tertiary/aromatic N) is 5. The molecule has 0 bridgehead atoms. The van der Waals surface area contributed by atoms with E-state index in [9.17, 15) is 4.79 Å². The van der Waals surface area contributed by atoms with Gasteiger partial charge in [-0.15, -0.1) is 10.2 Å². The van der Waals surface area contributed by atoms with Crippen LogP contribution in [0.25, 0.3) is 0 Å². The fraction of sp³-hybridized carbons (Fsp3) is 0.800. The summed E-state index contributed by atoms with van der Waals surface area (Å²) in [5, 5.41) is 12.0. The van der Waals surface area contributed by atoms with Crippen LogP contribution in [0.4, 0.5) is 4.79 Å². The van der Waals surface area contributed by atoms with Gasteiger partial charge in [-0.05, 0) is 6.26 Å². The van der Waals surface area contributed by atoms with Crippen molar-refractivity contribution in [1.82, 2.24) is 29.9 Å². The Morgan fingerprint density at radius 1 is 1.39 bits per heavy atom. The van der Waals surface area contributed by atoms with Crippen LogP contribution in [-0.4, -0.2) is 74.3 Å². The highest BCUT2D eigenvalue weighted by molar-refractivity contribution is 7.99. The Labute approximate surface area is 141 Å². The number of aryl methyl sites for hydroxylation is 1. The van der Waals surface area contributed by atoms with Crippen molar-refractivity contribution in [3.05, 3.63) is 11.6 Å². The fourth-order valence-electron chi connectivity index (χ4n) is 3.09. The molecular formula is C15H26N6OS. The van der Waals surface area contributed by atoms with Crippen molar-refractivity contribution < 1.29 is 4.79 Å². The molecule has 7 nitrogen and oxygen atoms in total. The first-order chi connectivity index (χ1) is 11.1. The van der Waals surface area contributed by atoms with E-state index in [-0.39, 0.29) is 6.03 Å². The van der Waals surface area contributed by atoms with E-state index in [4.69, 9.17) is 0 Å². The number of amides is 2. The van der Waals surface area contributed by atoms with Gasteiger partial charge in [-0.1, -0.05) is 13.8 Å². The van der Waals surface area contributed by atoms with E-state index >= 15 is 0 Å². The van der Waals surface area contributed by atoms with Gasteiger partial charge in [-0.3, -0.25) is 4.90 Å². The Hall–Kier alpha value is -1.28. The molecule has 8 heteroatoms. The maximum absolute atomic E-state index is 12.1. The third-order valence-corrected chi connectivity index (χ3v) is 5.76. The second kappa shape index (κ2) is 7.09. The van der Waals surface area contributed by atoms with Gasteiger partial charge in [0, 0.05) is 50.4 Å². The summed E-state index contributed by atoms with van der Waals surface area (Å²) < 4.78 is 2.24. The van der Waals surface area contributed by atoms with Crippen molar-refractivity contribution in [3.8, 4) is 0 Å². The van der Waals surface area contributed by atoms with Crippen LogP contribution in [0.2, 0.25) is 0 Å². The van der Waals surface area contributed by atoms with Crippen molar-refractivity contribution in [3.63, 3.8) is 0 Å². The Morgan fingerprint density at radius 2 is 2.17 bits per heavy atom. The lowest BCUT2D eigenvalue weighted by Gasteiger charge is -2.46. The van der Waals surface area contributed by atoms with Crippen molar-refractivity contribution in [2.24, 2.45) is 0 Å². The van der Waals surface area contributed by atoms with E-state index in [1.165, 1.54) is 0 Å². The zero-order valence-electron chi connectivity index (χ0n) is 14.2. The maximum atomic E-state index is 12.1. The SMILES string of the molecule is CCc1nnc2n1CCN(C1CN(C(=O)NCC(C)SC)C1)C2. The molecule has 0 radical (unpaired) electrons. The van der Waals surface area contributed by atoms with Crippen LogP contribution in [0.3, 0.4) is 0 Å². The molecule has 1 aromatic rings. The number of carbonyl (C=O) groups excluding carboxylic acids is 1.